The van der Waals surface area contributed by atoms with E-state index in [1.807, 2.05) is 18.2 Å². The van der Waals surface area contributed by atoms with Crippen LogP contribution in [0.25, 0.3) is 0 Å². The summed E-state index contributed by atoms with van der Waals surface area (Å²) >= 11 is 0. The summed E-state index contributed by atoms with van der Waals surface area (Å²) in [6, 6.07) is 10.2. The molecule has 0 spiro atoms. The second-order valence-corrected chi connectivity index (χ2v) is 7.10. The van der Waals surface area contributed by atoms with Crippen LogP contribution in [0.4, 0.5) is 5.82 Å². The molecule has 0 radical (unpaired) electrons. The highest BCUT2D eigenvalue weighted by Crippen LogP contribution is 2.37. The van der Waals surface area contributed by atoms with Crippen molar-refractivity contribution in [2.24, 2.45) is 14.1 Å². The van der Waals surface area contributed by atoms with Crippen molar-refractivity contribution in [3.05, 3.63) is 61.8 Å². The van der Waals surface area contributed by atoms with Crippen LogP contribution in [0.3, 0.4) is 0 Å². The van der Waals surface area contributed by atoms with Crippen molar-refractivity contribution < 1.29 is 4.74 Å². The van der Waals surface area contributed by atoms with E-state index < -0.39 is 11.2 Å². The topological polar surface area (TPSA) is 89.0 Å². The van der Waals surface area contributed by atoms with Gasteiger partial charge in [0.25, 0.3) is 5.56 Å². The lowest BCUT2D eigenvalue weighted by molar-refractivity contribution is 0.0541. The average Bonchev–Trinajstić information content (AvgIpc) is 2.69. The van der Waals surface area contributed by atoms with E-state index in [2.05, 4.69) is 24.4 Å². The second-order valence-electron chi connectivity index (χ2n) is 7.10. The standard InChI is InChI=1S/C20H24N4O3/c1-14-6-4-5-7-16(14)20(8-10-27-11-9-20)13-22-17-15(12-21)18(25)24(3)19(26)23(17)2/h4-7,22H,8-11,13H2,1-3H3. The number of rotatable bonds is 4. The Balaban J connectivity index is 2.04. The minimum absolute atomic E-state index is 0.0495. The molecular formula is C20H24N4O3. The van der Waals surface area contributed by atoms with E-state index in [1.165, 1.54) is 22.7 Å². The molecule has 2 aromatic rings. The van der Waals surface area contributed by atoms with Crippen molar-refractivity contribution >= 4 is 5.82 Å². The highest BCUT2D eigenvalue weighted by molar-refractivity contribution is 5.52. The Kier molecular flexibility index (Phi) is 5.19. The quantitative estimate of drug-likeness (QED) is 0.882. The molecular weight excluding hydrogens is 344 g/mol. The van der Waals surface area contributed by atoms with Gasteiger partial charge in [-0.05, 0) is 30.9 Å². The summed E-state index contributed by atoms with van der Waals surface area (Å²) in [7, 11) is 2.94. The van der Waals surface area contributed by atoms with Crippen LogP contribution in [0.15, 0.2) is 33.9 Å². The Hall–Kier alpha value is -2.85. The minimum Gasteiger partial charge on any atom is -0.381 e. The van der Waals surface area contributed by atoms with E-state index in [0.717, 1.165) is 17.4 Å². The van der Waals surface area contributed by atoms with E-state index >= 15 is 0 Å². The molecule has 7 heteroatoms. The van der Waals surface area contributed by atoms with Crippen LogP contribution in [0.2, 0.25) is 0 Å². The summed E-state index contributed by atoms with van der Waals surface area (Å²) in [4.78, 5) is 24.6. The van der Waals surface area contributed by atoms with Crippen molar-refractivity contribution in [3.8, 4) is 6.07 Å². The molecule has 1 saturated heterocycles. The molecule has 0 aliphatic carbocycles. The third-order valence-corrected chi connectivity index (χ3v) is 5.54. The van der Waals surface area contributed by atoms with Crippen LogP contribution in [0, 0.1) is 18.3 Å². The zero-order chi connectivity index (χ0) is 19.6. The number of aryl methyl sites for hydroxylation is 1. The van der Waals surface area contributed by atoms with Gasteiger partial charge in [-0.15, -0.1) is 0 Å². The smallest absolute Gasteiger partial charge is 0.332 e. The van der Waals surface area contributed by atoms with Gasteiger partial charge in [-0.1, -0.05) is 24.3 Å². The van der Waals surface area contributed by atoms with E-state index in [-0.39, 0.29) is 16.8 Å². The van der Waals surface area contributed by atoms with Gasteiger partial charge in [0.1, 0.15) is 11.9 Å². The predicted molar refractivity (Wildman–Crippen MR) is 103 cm³/mol. The van der Waals surface area contributed by atoms with E-state index in [0.29, 0.717) is 19.8 Å². The van der Waals surface area contributed by atoms with Crippen molar-refractivity contribution in [2.45, 2.75) is 25.2 Å². The number of aromatic nitrogens is 2. The predicted octanol–water partition coefficient (Wildman–Crippen LogP) is 1.42. The van der Waals surface area contributed by atoms with E-state index in [4.69, 9.17) is 4.74 Å². The van der Waals surface area contributed by atoms with Gasteiger partial charge in [0.15, 0.2) is 5.56 Å². The number of anilines is 1. The zero-order valence-corrected chi connectivity index (χ0v) is 15.9. The molecule has 0 unspecified atom stereocenters. The van der Waals surface area contributed by atoms with Crippen LogP contribution >= 0.6 is 0 Å². The molecule has 1 aromatic heterocycles. The molecule has 0 bridgehead atoms. The molecule has 1 aromatic carbocycles. The van der Waals surface area contributed by atoms with E-state index in [9.17, 15) is 14.9 Å². The first kappa shape index (κ1) is 18.9. The van der Waals surface area contributed by atoms with Gasteiger partial charge in [-0.25, -0.2) is 4.79 Å². The van der Waals surface area contributed by atoms with Crippen molar-refractivity contribution in [1.29, 1.82) is 5.26 Å². The fraction of sp³-hybridized carbons (Fsp3) is 0.450. The largest absolute Gasteiger partial charge is 0.381 e. The van der Waals surface area contributed by atoms with E-state index in [1.54, 1.807) is 7.05 Å². The number of nitrogens with zero attached hydrogens (tertiary/aromatic N) is 3. The number of nitriles is 1. The van der Waals surface area contributed by atoms with Crippen molar-refractivity contribution in [2.75, 3.05) is 25.1 Å². The normalized spacial score (nSPS) is 15.9. The highest BCUT2D eigenvalue weighted by Gasteiger charge is 2.36. The minimum atomic E-state index is -0.583. The Labute approximate surface area is 157 Å². The first-order valence-corrected chi connectivity index (χ1v) is 8.99. The van der Waals surface area contributed by atoms with Gasteiger partial charge in [-0.3, -0.25) is 13.9 Å². The van der Waals surface area contributed by atoms with Gasteiger partial charge >= 0.3 is 5.69 Å². The molecule has 27 heavy (non-hydrogen) atoms. The fourth-order valence-electron chi connectivity index (χ4n) is 3.88. The molecule has 0 saturated carbocycles. The molecule has 0 amide bonds. The van der Waals surface area contributed by atoms with Crippen LogP contribution in [-0.4, -0.2) is 28.9 Å². The summed E-state index contributed by atoms with van der Waals surface area (Å²) < 4.78 is 7.85. The maximum Gasteiger partial charge on any atom is 0.332 e. The molecule has 0 atom stereocenters. The zero-order valence-electron chi connectivity index (χ0n) is 15.9. The number of hydrogen-bond acceptors (Lipinski definition) is 5. The molecule has 1 fully saturated rings. The van der Waals surface area contributed by atoms with Crippen LogP contribution in [-0.2, 0) is 24.2 Å². The molecule has 1 aliphatic heterocycles. The summed E-state index contributed by atoms with van der Waals surface area (Å²) in [6.07, 6.45) is 1.65. The molecule has 142 valence electrons. The lowest BCUT2D eigenvalue weighted by atomic mass is 9.72. The van der Waals surface area contributed by atoms with Gasteiger partial charge in [0.2, 0.25) is 0 Å². The second kappa shape index (κ2) is 7.41. The summed E-state index contributed by atoms with van der Waals surface area (Å²) in [5.74, 6) is 0.269. The van der Waals surface area contributed by atoms with Crippen LogP contribution in [0.5, 0.6) is 0 Å². The van der Waals surface area contributed by atoms with Gasteiger partial charge < -0.3 is 10.1 Å². The first-order chi connectivity index (χ1) is 12.9. The monoisotopic (exact) mass is 368 g/mol. The lowest BCUT2D eigenvalue weighted by Gasteiger charge is -2.39. The summed E-state index contributed by atoms with van der Waals surface area (Å²) in [5, 5.41) is 12.7. The Morgan fingerprint density at radius 2 is 1.85 bits per heavy atom. The Bertz CT molecular complexity index is 1010. The molecule has 3 rings (SSSR count). The first-order valence-electron chi connectivity index (χ1n) is 8.99. The van der Waals surface area contributed by atoms with Crippen molar-refractivity contribution in [3.63, 3.8) is 0 Å². The highest BCUT2D eigenvalue weighted by atomic mass is 16.5. The number of benzene rings is 1. The Morgan fingerprint density at radius 1 is 1.19 bits per heavy atom. The van der Waals surface area contributed by atoms with Gasteiger partial charge in [-0.2, -0.15) is 5.26 Å². The number of nitrogens with one attached hydrogen (secondary N) is 1. The van der Waals surface area contributed by atoms with Crippen LogP contribution in [0.1, 0.15) is 29.5 Å². The molecule has 2 heterocycles. The number of ether oxygens (including phenoxy) is 1. The average molecular weight is 368 g/mol. The van der Waals surface area contributed by atoms with Gasteiger partial charge in [0.05, 0.1) is 0 Å². The SMILES string of the molecule is Cc1ccccc1C1(CNc2c(C#N)c(=O)n(C)c(=O)n2C)CCOCC1. The summed E-state index contributed by atoms with van der Waals surface area (Å²) in [5.41, 5.74) is 1.14. The van der Waals surface area contributed by atoms with Crippen molar-refractivity contribution in [1.82, 2.24) is 9.13 Å². The maximum absolute atomic E-state index is 12.3. The molecule has 1 N–H and O–H groups in total. The summed E-state index contributed by atoms with van der Waals surface area (Å²) in [6.45, 7) is 3.89. The van der Waals surface area contributed by atoms with Crippen LogP contribution < -0.4 is 16.6 Å². The molecule has 1 aliphatic rings. The maximum atomic E-state index is 12.3. The van der Waals surface area contributed by atoms with Gasteiger partial charge in [0, 0.05) is 39.3 Å². The lowest BCUT2D eigenvalue weighted by Crippen LogP contribution is -2.44. The third-order valence-electron chi connectivity index (χ3n) is 5.54. The Morgan fingerprint density at radius 3 is 2.48 bits per heavy atom. The third kappa shape index (κ3) is 3.28. The fourth-order valence-corrected chi connectivity index (χ4v) is 3.88. The number of hydrogen-bond donors (Lipinski definition) is 1. The molecule has 7 nitrogen and oxygen atoms in total.